The van der Waals surface area contributed by atoms with Crippen molar-refractivity contribution < 1.29 is 10.2 Å². The summed E-state index contributed by atoms with van der Waals surface area (Å²) in [6.07, 6.45) is 2.76. The van der Waals surface area contributed by atoms with Gasteiger partial charge in [-0.3, -0.25) is 0 Å². The minimum atomic E-state index is -0.406. The maximum Gasteiger partial charge on any atom is 0.0517 e. The van der Waals surface area contributed by atoms with Crippen LogP contribution in [-0.4, -0.2) is 23.4 Å². The number of hydrogen-bond donors (Lipinski definition) is 2. The molecule has 0 aromatic rings. The van der Waals surface area contributed by atoms with E-state index in [0.717, 1.165) is 6.42 Å². The van der Waals surface area contributed by atoms with Gasteiger partial charge in [0.25, 0.3) is 0 Å². The lowest BCUT2D eigenvalue weighted by Crippen LogP contribution is -2.41. The van der Waals surface area contributed by atoms with Crippen LogP contribution in [0.3, 0.4) is 0 Å². The predicted molar refractivity (Wildman–Crippen MR) is 55.4 cm³/mol. The summed E-state index contributed by atoms with van der Waals surface area (Å²) in [6, 6.07) is 0. The summed E-state index contributed by atoms with van der Waals surface area (Å²) in [5.74, 6) is 0.438. The Morgan fingerprint density at radius 3 is 2.00 bits per heavy atom. The van der Waals surface area contributed by atoms with Gasteiger partial charge in [0.15, 0.2) is 0 Å². The molecule has 0 aliphatic rings. The summed E-state index contributed by atoms with van der Waals surface area (Å²) < 4.78 is 0. The molecule has 0 rings (SSSR count). The van der Waals surface area contributed by atoms with E-state index in [-0.39, 0.29) is 19.1 Å². The zero-order chi connectivity index (χ0) is 10.5. The topological polar surface area (TPSA) is 40.5 Å². The van der Waals surface area contributed by atoms with E-state index >= 15 is 0 Å². The van der Waals surface area contributed by atoms with Crippen molar-refractivity contribution in [1.82, 2.24) is 0 Å². The summed E-state index contributed by atoms with van der Waals surface area (Å²) in [7, 11) is 0. The van der Waals surface area contributed by atoms with Gasteiger partial charge in [-0.15, -0.1) is 6.58 Å². The molecule has 0 saturated carbocycles. The largest absolute Gasteiger partial charge is 0.396 e. The van der Waals surface area contributed by atoms with Crippen LogP contribution in [0.4, 0.5) is 0 Å². The Labute approximate surface area is 81.3 Å². The number of aliphatic hydroxyl groups excluding tert-OH is 2. The van der Waals surface area contributed by atoms with Gasteiger partial charge in [0.2, 0.25) is 0 Å². The van der Waals surface area contributed by atoms with Gasteiger partial charge >= 0.3 is 0 Å². The second kappa shape index (κ2) is 5.40. The number of hydrogen-bond acceptors (Lipinski definition) is 2. The highest BCUT2D eigenvalue weighted by molar-refractivity contribution is 4.95. The van der Waals surface area contributed by atoms with Crippen molar-refractivity contribution in [3.63, 3.8) is 0 Å². The first kappa shape index (κ1) is 12.7. The zero-order valence-electron chi connectivity index (χ0n) is 8.95. The molecule has 2 unspecified atom stereocenters. The molecule has 0 bridgehead atoms. The van der Waals surface area contributed by atoms with Gasteiger partial charge in [-0.2, -0.15) is 0 Å². The van der Waals surface area contributed by atoms with Crippen LogP contribution in [0.1, 0.15) is 27.2 Å². The molecule has 0 radical (unpaired) electrons. The molecule has 0 aliphatic carbocycles. The zero-order valence-corrected chi connectivity index (χ0v) is 8.95. The molecule has 0 heterocycles. The molecule has 2 atom stereocenters. The number of allylic oxidation sites excluding steroid dienone is 1. The number of rotatable bonds is 6. The van der Waals surface area contributed by atoms with Crippen molar-refractivity contribution in [1.29, 1.82) is 0 Å². The SMILES string of the molecule is C=CC(C)C(CO)(CO)C(C)CC. The summed E-state index contributed by atoms with van der Waals surface area (Å²) in [5.41, 5.74) is -0.406. The van der Waals surface area contributed by atoms with E-state index in [4.69, 9.17) is 0 Å². The molecule has 0 aromatic carbocycles. The highest BCUT2D eigenvalue weighted by atomic mass is 16.3. The van der Waals surface area contributed by atoms with E-state index in [1.807, 2.05) is 6.92 Å². The molecule has 0 aromatic heterocycles. The van der Waals surface area contributed by atoms with Crippen molar-refractivity contribution >= 4 is 0 Å². The Bertz CT molecular complexity index is 150. The molecule has 0 amide bonds. The van der Waals surface area contributed by atoms with Crippen molar-refractivity contribution in [3.05, 3.63) is 12.7 Å². The Hall–Kier alpha value is -0.340. The van der Waals surface area contributed by atoms with E-state index < -0.39 is 5.41 Å². The van der Waals surface area contributed by atoms with Crippen LogP contribution in [0.25, 0.3) is 0 Å². The Kier molecular flexibility index (Phi) is 5.26. The lowest BCUT2D eigenvalue weighted by atomic mass is 9.68. The summed E-state index contributed by atoms with van der Waals surface area (Å²) in [4.78, 5) is 0. The standard InChI is InChI=1S/C11H22O2/c1-5-9(3)11(7-12,8-13)10(4)6-2/h5,9-10,12-13H,1,6-8H2,2-4H3. The van der Waals surface area contributed by atoms with E-state index in [1.165, 1.54) is 0 Å². The van der Waals surface area contributed by atoms with E-state index in [2.05, 4.69) is 20.4 Å². The molecule has 0 spiro atoms. The number of aliphatic hydroxyl groups is 2. The van der Waals surface area contributed by atoms with Crippen LogP contribution in [-0.2, 0) is 0 Å². The van der Waals surface area contributed by atoms with Gasteiger partial charge in [-0.25, -0.2) is 0 Å². The maximum absolute atomic E-state index is 9.37. The fraction of sp³-hybridized carbons (Fsp3) is 0.818. The second-order valence-electron chi connectivity index (χ2n) is 3.88. The molecule has 0 aliphatic heterocycles. The highest BCUT2D eigenvalue weighted by Crippen LogP contribution is 2.37. The third-order valence-corrected chi connectivity index (χ3v) is 3.44. The molecule has 2 N–H and O–H groups in total. The normalized spacial score (nSPS) is 16.7. The minimum absolute atomic E-state index is 0.0195. The van der Waals surface area contributed by atoms with Gasteiger partial charge in [-0.05, 0) is 11.8 Å². The molecule has 0 saturated heterocycles. The van der Waals surface area contributed by atoms with Crippen molar-refractivity contribution in [2.24, 2.45) is 17.3 Å². The third-order valence-electron chi connectivity index (χ3n) is 3.44. The first-order valence-electron chi connectivity index (χ1n) is 4.93. The average Bonchev–Trinajstić information content (AvgIpc) is 2.19. The van der Waals surface area contributed by atoms with Crippen LogP contribution >= 0.6 is 0 Å². The molecule has 0 fully saturated rings. The van der Waals surface area contributed by atoms with Gasteiger partial charge in [0.1, 0.15) is 0 Å². The Morgan fingerprint density at radius 2 is 1.77 bits per heavy atom. The summed E-state index contributed by atoms with van der Waals surface area (Å²) in [5, 5.41) is 18.7. The van der Waals surface area contributed by atoms with Gasteiger partial charge in [-0.1, -0.05) is 33.3 Å². The summed E-state index contributed by atoms with van der Waals surface area (Å²) in [6.45, 7) is 9.88. The molecule has 13 heavy (non-hydrogen) atoms. The van der Waals surface area contributed by atoms with Crippen molar-refractivity contribution in [2.45, 2.75) is 27.2 Å². The average molecular weight is 186 g/mol. The molecule has 2 heteroatoms. The fourth-order valence-corrected chi connectivity index (χ4v) is 1.74. The van der Waals surface area contributed by atoms with Crippen molar-refractivity contribution in [2.75, 3.05) is 13.2 Å². The second-order valence-corrected chi connectivity index (χ2v) is 3.88. The minimum Gasteiger partial charge on any atom is -0.396 e. The van der Waals surface area contributed by atoms with E-state index in [1.54, 1.807) is 6.08 Å². The van der Waals surface area contributed by atoms with Crippen LogP contribution < -0.4 is 0 Å². The third kappa shape index (κ3) is 2.32. The van der Waals surface area contributed by atoms with Gasteiger partial charge in [0, 0.05) is 5.41 Å². The van der Waals surface area contributed by atoms with Crippen LogP contribution in [0.15, 0.2) is 12.7 Å². The van der Waals surface area contributed by atoms with Crippen LogP contribution in [0, 0.1) is 17.3 Å². The summed E-state index contributed by atoms with van der Waals surface area (Å²) >= 11 is 0. The first-order valence-corrected chi connectivity index (χ1v) is 4.93. The Balaban J connectivity index is 4.77. The Morgan fingerprint density at radius 1 is 1.31 bits per heavy atom. The molecule has 78 valence electrons. The lowest BCUT2D eigenvalue weighted by molar-refractivity contribution is -0.0199. The van der Waals surface area contributed by atoms with Crippen LogP contribution in [0.5, 0.6) is 0 Å². The first-order chi connectivity index (χ1) is 6.08. The highest BCUT2D eigenvalue weighted by Gasteiger charge is 2.38. The van der Waals surface area contributed by atoms with Crippen molar-refractivity contribution in [3.8, 4) is 0 Å². The fourth-order valence-electron chi connectivity index (χ4n) is 1.74. The van der Waals surface area contributed by atoms with Gasteiger partial charge in [0.05, 0.1) is 13.2 Å². The maximum atomic E-state index is 9.37. The van der Waals surface area contributed by atoms with E-state index in [0.29, 0.717) is 5.92 Å². The lowest BCUT2D eigenvalue weighted by Gasteiger charge is -2.39. The van der Waals surface area contributed by atoms with Gasteiger partial charge < -0.3 is 10.2 Å². The quantitative estimate of drug-likeness (QED) is 0.621. The smallest absolute Gasteiger partial charge is 0.0517 e. The van der Waals surface area contributed by atoms with E-state index in [9.17, 15) is 10.2 Å². The molecule has 2 nitrogen and oxygen atoms in total. The molecular weight excluding hydrogens is 164 g/mol. The molecular formula is C11H22O2. The predicted octanol–water partition coefficient (Wildman–Crippen LogP) is 1.83. The monoisotopic (exact) mass is 186 g/mol. The van der Waals surface area contributed by atoms with Crippen LogP contribution in [0.2, 0.25) is 0 Å².